The van der Waals surface area contributed by atoms with Gasteiger partial charge in [0.15, 0.2) is 0 Å². The summed E-state index contributed by atoms with van der Waals surface area (Å²) in [6.07, 6.45) is 4.58. The molecule has 2 N–H and O–H groups in total. The highest BCUT2D eigenvalue weighted by Crippen LogP contribution is 2.29. The summed E-state index contributed by atoms with van der Waals surface area (Å²) in [5.74, 6) is -0.580. The third kappa shape index (κ3) is 5.50. The molecule has 10 nitrogen and oxygen atoms in total. The van der Waals surface area contributed by atoms with Crippen molar-refractivity contribution in [2.45, 2.75) is 12.1 Å². The molecule has 0 spiro atoms. The van der Waals surface area contributed by atoms with Gasteiger partial charge < -0.3 is 20.1 Å². The molecular weight excluding hydrogens is 544 g/mol. The van der Waals surface area contributed by atoms with Gasteiger partial charge in [0, 0.05) is 48.2 Å². The quantitative estimate of drug-likeness (QED) is 0.273. The zero-order valence-electron chi connectivity index (χ0n) is 21.5. The lowest BCUT2D eigenvalue weighted by Gasteiger charge is -2.20. The van der Waals surface area contributed by atoms with Crippen LogP contribution < -0.4 is 15.0 Å². The summed E-state index contributed by atoms with van der Waals surface area (Å²) in [6.45, 7) is 0.795. The monoisotopic (exact) mass is 566 g/mol. The molecule has 0 radical (unpaired) electrons. The summed E-state index contributed by atoms with van der Waals surface area (Å²) in [4.78, 5) is 44.7. The highest BCUT2D eigenvalue weighted by Gasteiger charge is 2.37. The van der Waals surface area contributed by atoms with E-state index < -0.39 is 24.0 Å². The molecule has 5 aromatic rings. The van der Waals surface area contributed by atoms with E-state index in [9.17, 15) is 14.7 Å². The number of nitrogens with one attached hydrogen (secondary N) is 1. The van der Waals surface area contributed by atoms with Gasteiger partial charge in [-0.25, -0.2) is 19.7 Å². The van der Waals surface area contributed by atoms with E-state index in [1.54, 1.807) is 48.9 Å². The van der Waals surface area contributed by atoms with Crippen LogP contribution in [0.15, 0.2) is 91.4 Å². The van der Waals surface area contributed by atoms with Gasteiger partial charge in [0.2, 0.25) is 5.88 Å². The summed E-state index contributed by atoms with van der Waals surface area (Å²) >= 11 is 6.25. The standard InChI is InChI=1S/C30H23ClN6O4/c31-25-14-22-21(8-5-13-32-22)28(36-25)18-10-11-26(34-15-18)37-16-23(24(17-37)41-27-9-3-4-12-33-27)35-29(38)19-6-1-2-7-20(19)30(39)40/h1-15,23-24H,16-17H2,(H,35,38)(H,39,40)/t23-,24-/m0/s1. The Labute approximate surface area is 239 Å². The number of amides is 1. The largest absolute Gasteiger partial charge is 0.478 e. The normalized spacial score (nSPS) is 16.5. The minimum Gasteiger partial charge on any atom is -0.478 e. The van der Waals surface area contributed by atoms with Crippen LogP contribution in [0.4, 0.5) is 5.82 Å². The van der Waals surface area contributed by atoms with E-state index >= 15 is 0 Å². The number of carbonyl (C=O) groups is 2. The number of anilines is 1. The first-order valence-corrected chi connectivity index (χ1v) is 13.2. The number of carboxylic acid groups (broad SMARTS) is 1. The van der Waals surface area contributed by atoms with Gasteiger partial charge in [0.05, 0.1) is 34.9 Å². The second kappa shape index (κ2) is 11.2. The predicted molar refractivity (Wildman–Crippen MR) is 153 cm³/mol. The lowest BCUT2D eigenvalue weighted by molar-refractivity contribution is 0.0689. The van der Waals surface area contributed by atoms with Crippen LogP contribution in [0, 0.1) is 0 Å². The van der Waals surface area contributed by atoms with Gasteiger partial charge in [-0.15, -0.1) is 0 Å². The van der Waals surface area contributed by atoms with Crippen LogP contribution in [0.3, 0.4) is 0 Å². The van der Waals surface area contributed by atoms with E-state index in [1.165, 1.54) is 12.1 Å². The second-order valence-corrected chi connectivity index (χ2v) is 9.82. The fourth-order valence-electron chi connectivity index (χ4n) is 4.88. The molecule has 1 aliphatic rings. The number of aromatic carboxylic acids is 1. The molecule has 204 valence electrons. The van der Waals surface area contributed by atoms with Crippen molar-refractivity contribution in [2.24, 2.45) is 0 Å². The highest BCUT2D eigenvalue weighted by molar-refractivity contribution is 6.30. The van der Waals surface area contributed by atoms with E-state index in [1.807, 2.05) is 35.2 Å². The van der Waals surface area contributed by atoms with Crippen molar-refractivity contribution in [1.29, 1.82) is 0 Å². The molecule has 1 amide bonds. The molecule has 1 saturated heterocycles. The van der Waals surface area contributed by atoms with E-state index in [4.69, 9.17) is 16.3 Å². The number of ether oxygens (including phenoxy) is 1. The number of carbonyl (C=O) groups excluding carboxylic acids is 1. The van der Waals surface area contributed by atoms with Crippen molar-refractivity contribution in [3.8, 4) is 17.1 Å². The van der Waals surface area contributed by atoms with Crippen LogP contribution in [-0.2, 0) is 0 Å². The van der Waals surface area contributed by atoms with Gasteiger partial charge in [-0.2, -0.15) is 0 Å². The Kier molecular flexibility index (Phi) is 7.13. The first-order valence-electron chi connectivity index (χ1n) is 12.8. The number of rotatable bonds is 7. The van der Waals surface area contributed by atoms with Crippen molar-refractivity contribution >= 4 is 40.2 Å². The number of nitrogens with zero attached hydrogens (tertiary/aromatic N) is 5. The van der Waals surface area contributed by atoms with Gasteiger partial charge in [0.1, 0.15) is 17.1 Å². The van der Waals surface area contributed by atoms with Crippen LogP contribution in [-0.4, -0.2) is 62.2 Å². The van der Waals surface area contributed by atoms with Crippen molar-refractivity contribution in [3.05, 3.63) is 108 Å². The zero-order chi connectivity index (χ0) is 28.3. The Morgan fingerprint density at radius 1 is 0.927 bits per heavy atom. The molecule has 41 heavy (non-hydrogen) atoms. The molecule has 1 aliphatic heterocycles. The molecule has 0 saturated carbocycles. The molecule has 11 heteroatoms. The fourth-order valence-corrected chi connectivity index (χ4v) is 5.07. The maximum atomic E-state index is 13.2. The molecule has 5 heterocycles. The van der Waals surface area contributed by atoms with Crippen LogP contribution in [0.25, 0.3) is 22.2 Å². The predicted octanol–water partition coefficient (Wildman–Crippen LogP) is 4.50. The summed E-state index contributed by atoms with van der Waals surface area (Å²) in [6, 6.07) is 20.3. The molecule has 4 aromatic heterocycles. The van der Waals surface area contributed by atoms with E-state index in [-0.39, 0.29) is 11.1 Å². The first-order chi connectivity index (χ1) is 20.0. The maximum absolute atomic E-state index is 13.2. The number of fused-ring (bicyclic) bond motifs is 1. The average Bonchev–Trinajstić information content (AvgIpc) is 3.39. The molecule has 1 aromatic carbocycles. The van der Waals surface area contributed by atoms with Crippen LogP contribution >= 0.6 is 11.6 Å². The Hall–Kier alpha value is -5.09. The van der Waals surface area contributed by atoms with Gasteiger partial charge in [-0.3, -0.25) is 9.78 Å². The van der Waals surface area contributed by atoms with Gasteiger partial charge in [-0.1, -0.05) is 29.8 Å². The molecule has 0 bridgehead atoms. The minimum atomic E-state index is -1.17. The average molecular weight is 567 g/mol. The molecule has 6 rings (SSSR count). The number of halogens is 1. The summed E-state index contributed by atoms with van der Waals surface area (Å²) in [5, 5.41) is 13.7. The Morgan fingerprint density at radius 2 is 1.73 bits per heavy atom. The number of carboxylic acids is 1. The third-order valence-electron chi connectivity index (χ3n) is 6.81. The Balaban J connectivity index is 1.26. The molecule has 1 fully saturated rings. The number of benzene rings is 1. The second-order valence-electron chi connectivity index (χ2n) is 9.43. The summed E-state index contributed by atoms with van der Waals surface area (Å²) in [7, 11) is 0. The van der Waals surface area contributed by atoms with Crippen LogP contribution in [0.2, 0.25) is 5.15 Å². The molecule has 0 aliphatic carbocycles. The number of aromatic nitrogens is 4. The fraction of sp³-hybridized carbons (Fsp3) is 0.133. The van der Waals surface area contributed by atoms with Crippen LogP contribution in [0.5, 0.6) is 5.88 Å². The lowest BCUT2D eigenvalue weighted by atomic mass is 10.1. The highest BCUT2D eigenvalue weighted by atomic mass is 35.5. The van der Waals surface area contributed by atoms with E-state index in [2.05, 4.69) is 25.3 Å². The smallest absolute Gasteiger partial charge is 0.336 e. The lowest BCUT2D eigenvalue weighted by Crippen LogP contribution is -2.45. The number of hydrogen-bond donors (Lipinski definition) is 2. The van der Waals surface area contributed by atoms with Gasteiger partial charge in [-0.05, 0) is 42.5 Å². The molecule has 2 atom stereocenters. The van der Waals surface area contributed by atoms with Crippen LogP contribution in [0.1, 0.15) is 20.7 Å². The Bertz CT molecular complexity index is 1740. The van der Waals surface area contributed by atoms with E-state index in [0.29, 0.717) is 35.6 Å². The molecular formula is C30H23ClN6O4. The zero-order valence-corrected chi connectivity index (χ0v) is 22.3. The van der Waals surface area contributed by atoms with Gasteiger partial charge >= 0.3 is 5.97 Å². The van der Waals surface area contributed by atoms with Crippen molar-refractivity contribution in [3.63, 3.8) is 0 Å². The molecule has 0 unspecified atom stereocenters. The van der Waals surface area contributed by atoms with Crippen molar-refractivity contribution in [2.75, 3.05) is 18.0 Å². The van der Waals surface area contributed by atoms with Gasteiger partial charge in [0.25, 0.3) is 5.91 Å². The maximum Gasteiger partial charge on any atom is 0.336 e. The Morgan fingerprint density at radius 3 is 2.49 bits per heavy atom. The summed E-state index contributed by atoms with van der Waals surface area (Å²) < 4.78 is 6.17. The minimum absolute atomic E-state index is 0.0725. The summed E-state index contributed by atoms with van der Waals surface area (Å²) in [5.41, 5.74) is 2.21. The first kappa shape index (κ1) is 26.1. The topological polar surface area (TPSA) is 130 Å². The third-order valence-corrected chi connectivity index (χ3v) is 7.00. The number of pyridine rings is 4. The van der Waals surface area contributed by atoms with Crippen molar-refractivity contribution < 1.29 is 19.4 Å². The van der Waals surface area contributed by atoms with E-state index in [0.717, 1.165) is 16.5 Å². The van der Waals surface area contributed by atoms with Crippen molar-refractivity contribution in [1.82, 2.24) is 25.3 Å². The number of hydrogen-bond acceptors (Lipinski definition) is 8. The SMILES string of the molecule is O=C(O)c1ccccc1C(=O)N[C@H]1CN(c2ccc(-c3nc(Cl)cc4ncccc34)cn2)C[C@@H]1Oc1ccccn1.